The van der Waals surface area contributed by atoms with Crippen molar-refractivity contribution in [2.75, 3.05) is 32.7 Å². The lowest BCUT2D eigenvalue weighted by Gasteiger charge is -2.37. The summed E-state index contributed by atoms with van der Waals surface area (Å²) in [5.74, 6) is -1.35. The molecule has 1 fully saturated rings. The van der Waals surface area contributed by atoms with E-state index in [0.717, 1.165) is 20.0 Å². The Hall–Kier alpha value is -1.34. The molecule has 0 aromatic rings. The van der Waals surface area contributed by atoms with E-state index in [-0.39, 0.29) is 12.6 Å². The summed E-state index contributed by atoms with van der Waals surface area (Å²) in [7, 11) is 0. The summed E-state index contributed by atoms with van der Waals surface area (Å²) in [4.78, 5) is 26.5. The second-order valence-corrected chi connectivity index (χ2v) is 5.35. The van der Waals surface area contributed by atoms with Crippen molar-refractivity contribution >= 4 is 12.0 Å². The third-order valence-corrected chi connectivity index (χ3v) is 3.38. The van der Waals surface area contributed by atoms with Crippen molar-refractivity contribution in [2.24, 2.45) is 0 Å². The van der Waals surface area contributed by atoms with Gasteiger partial charge in [0.2, 0.25) is 0 Å². The Morgan fingerprint density at radius 1 is 1.26 bits per heavy atom. The molecule has 1 unspecified atom stereocenters. The van der Waals surface area contributed by atoms with Crippen LogP contribution >= 0.6 is 0 Å². The molecular weight excluding hydrogens is 250 g/mol. The lowest BCUT2D eigenvalue weighted by molar-refractivity contribution is -0.155. The van der Waals surface area contributed by atoms with Crippen LogP contribution in [0, 0.1) is 0 Å². The molecule has 0 spiro atoms. The Morgan fingerprint density at radius 3 is 2.21 bits per heavy atom. The van der Waals surface area contributed by atoms with Gasteiger partial charge in [0.25, 0.3) is 0 Å². The van der Waals surface area contributed by atoms with Crippen molar-refractivity contribution in [3.63, 3.8) is 0 Å². The molecule has 19 heavy (non-hydrogen) atoms. The predicted octanol–water partition coefficient (Wildman–Crippen LogP) is -0.442. The highest BCUT2D eigenvalue weighted by atomic mass is 16.4. The molecule has 0 radical (unpaired) electrons. The topological polar surface area (TPSA) is 93.1 Å². The van der Waals surface area contributed by atoms with E-state index in [2.05, 4.69) is 24.1 Å². The number of aliphatic hydroxyl groups is 1. The second-order valence-electron chi connectivity index (χ2n) is 5.35. The molecule has 0 saturated carbocycles. The summed E-state index contributed by atoms with van der Waals surface area (Å²) >= 11 is 0. The zero-order chi connectivity index (χ0) is 14.6. The first kappa shape index (κ1) is 15.7. The number of carboxylic acid groups (broad SMARTS) is 1. The van der Waals surface area contributed by atoms with Crippen molar-refractivity contribution in [3.8, 4) is 0 Å². The maximum absolute atomic E-state index is 11.8. The van der Waals surface area contributed by atoms with E-state index < -0.39 is 11.6 Å². The highest BCUT2D eigenvalue weighted by Crippen LogP contribution is 2.07. The van der Waals surface area contributed by atoms with E-state index in [4.69, 9.17) is 5.11 Å². The minimum absolute atomic E-state index is 0.300. The van der Waals surface area contributed by atoms with Crippen molar-refractivity contribution in [1.29, 1.82) is 0 Å². The SMILES string of the molecule is CC(C)N1CCN(C(=O)NCC(C)(O)C(=O)O)CC1. The van der Waals surface area contributed by atoms with Crippen LogP contribution in [0.3, 0.4) is 0 Å². The first-order chi connectivity index (χ1) is 8.74. The molecule has 1 rings (SSSR count). The number of hydrogen-bond acceptors (Lipinski definition) is 4. The van der Waals surface area contributed by atoms with E-state index in [1.165, 1.54) is 0 Å². The van der Waals surface area contributed by atoms with E-state index in [0.29, 0.717) is 19.1 Å². The van der Waals surface area contributed by atoms with Crippen LogP contribution < -0.4 is 5.32 Å². The van der Waals surface area contributed by atoms with Gasteiger partial charge in [-0.3, -0.25) is 4.90 Å². The van der Waals surface area contributed by atoms with Gasteiger partial charge in [-0.1, -0.05) is 0 Å². The third-order valence-electron chi connectivity index (χ3n) is 3.38. The van der Waals surface area contributed by atoms with Gasteiger partial charge in [-0.2, -0.15) is 0 Å². The molecule has 0 aromatic carbocycles. The van der Waals surface area contributed by atoms with Crippen LogP contribution in [0.15, 0.2) is 0 Å². The molecule has 1 atom stereocenters. The maximum atomic E-state index is 11.8. The molecule has 0 aliphatic carbocycles. The Bertz CT molecular complexity index is 336. The molecule has 3 N–H and O–H groups in total. The maximum Gasteiger partial charge on any atom is 0.337 e. The van der Waals surface area contributed by atoms with Crippen LogP contribution in [-0.2, 0) is 4.79 Å². The van der Waals surface area contributed by atoms with Crippen LogP contribution in [0.5, 0.6) is 0 Å². The van der Waals surface area contributed by atoms with Gasteiger partial charge >= 0.3 is 12.0 Å². The van der Waals surface area contributed by atoms with Crippen molar-refractivity contribution in [2.45, 2.75) is 32.4 Å². The van der Waals surface area contributed by atoms with Crippen molar-refractivity contribution in [1.82, 2.24) is 15.1 Å². The number of piperazine rings is 1. The quantitative estimate of drug-likeness (QED) is 0.645. The number of hydrogen-bond donors (Lipinski definition) is 3. The summed E-state index contributed by atoms with van der Waals surface area (Å²) in [5, 5.41) is 20.7. The number of nitrogens with zero attached hydrogens (tertiary/aromatic N) is 2. The van der Waals surface area contributed by atoms with Crippen molar-refractivity contribution < 1.29 is 19.8 Å². The molecule has 1 saturated heterocycles. The van der Waals surface area contributed by atoms with E-state index in [1.807, 2.05) is 0 Å². The number of rotatable bonds is 4. The lowest BCUT2D eigenvalue weighted by Crippen LogP contribution is -2.55. The fraction of sp³-hybridized carbons (Fsp3) is 0.833. The van der Waals surface area contributed by atoms with Crippen LogP contribution in [0.4, 0.5) is 4.79 Å². The molecular formula is C12H23N3O4. The monoisotopic (exact) mass is 273 g/mol. The summed E-state index contributed by atoms with van der Waals surface area (Å²) < 4.78 is 0. The molecule has 1 heterocycles. The van der Waals surface area contributed by atoms with E-state index >= 15 is 0 Å². The average molecular weight is 273 g/mol. The fourth-order valence-electron chi connectivity index (χ4n) is 1.88. The molecule has 1 aliphatic rings. The number of carbonyl (C=O) groups is 2. The van der Waals surface area contributed by atoms with Gasteiger partial charge < -0.3 is 20.4 Å². The van der Waals surface area contributed by atoms with Crippen LogP contribution in [0.1, 0.15) is 20.8 Å². The Labute approximate surface area is 113 Å². The van der Waals surface area contributed by atoms with Gasteiger partial charge in [-0.05, 0) is 20.8 Å². The molecule has 1 aliphatic heterocycles. The smallest absolute Gasteiger partial charge is 0.337 e. The zero-order valence-electron chi connectivity index (χ0n) is 11.7. The molecule has 0 aromatic heterocycles. The van der Waals surface area contributed by atoms with Gasteiger partial charge in [0.05, 0.1) is 6.54 Å². The zero-order valence-corrected chi connectivity index (χ0v) is 11.7. The summed E-state index contributed by atoms with van der Waals surface area (Å²) in [5.41, 5.74) is -1.94. The molecule has 7 heteroatoms. The average Bonchev–Trinajstić information content (AvgIpc) is 2.36. The highest BCUT2D eigenvalue weighted by Gasteiger charge is 2.31. The van der Waals surface area contributed by atoms with Gasteiger partial charge in [-0.15, -0.1) is 0 Å². The van der Waals surface area contributed by atoms with Gasteiger partial charge in [-0.25, -0.2) is 9.59 Å². The Morgan fingerprint density at radius 2 is 1.79 bits per heavy atom. The van der Waals surface area contributed by atoms with E-state index in [9.17, 15) is 14.7 Å². The lowest BCUT2D eigenvalue weighted by atomic mass is 10.1. The van der Waals surface area contributed by atoms with Crippen LogP contribution in [0.25, 0.3) is 0 Å². The summed E-state index contributed by atoms with van der Waals surface area (Å²) in [6.45, 7) is 7.91. The normalized spacial score (nSPS) is 20.2. The van der Waals surface area contributed by atoms with E-state index in [1.54, 1.807) is 4.90 Å². The van der Waals surface area contributed by atoms with Crippen molar-refractivity contribution in [3.05, 3.63) is 0 Å². The van der Waals surface area contributed by atoms with Gasteiger partial charge in [0, 0.05) is 32.2 Å². The Kier molecular flexibility index (Phi) is 5.13. The highest BCUT2D eigenvalue weighted by molar-refractivity contribution is 5.79. The Balaban J connectivity index is 2.38. The first-order valence-corrected chi connectivity index (χ1v) is 6.46. The van der Waals surface area contributed by atoms with Gasteiger partial charge in [0.1, 0.15) is 0 Å². The van der Waals surface area contributed by atoms with Crippen LogP contribution in [-0.4, -0.2) is 76.4 Å². The largest absolute Gasteiger partial charge is 0.479 e. The number of urea groups is 1. The minimum atomic E-state index is -1.94. The summed E-state index contributed by atoms with van der Waals surface area (Å²) in [6.07, 6.45) is 0. The minimum Gasteiger partial charge on any atom is -0.479 e. The third kappa shape index (κ3) is 4.36. The summed E-state index contributed by atoms with van der Waals surface area (Å²) in [6, 6.07) is 0.128. The number of aliphatic carboxylic acids is 1. The number of carbonyl (C=O) groups excluding carboxylic acids is 1. The first-order valence-electron chi connectivity index (χ1n) is 6.46. The van der Waals surface area contributed by atoms with Gasteiger partial charge in [0.15, 0.2) is 5.60 Å². The molecule has 0 bridgehead atoms. The fourth-order valence-corrected chi connectivity index (χ4v) is 1.88. The second kappa shape index (κ2) is 6.21. The standard InChI is InChI=1S/C12H23N3O4/c1-9(2)14-4-6-15(7-5-14)11(18)13-8-12(3,19)10(16)17/h9,19H,4-8H2,1-3H3,(H,13,18)(H,16,17). The molecule has 110 valence electrons. The number of amides is 2. The number of carboxylic acids is 1. The number of nitrogens with one attached hydrogen (secondary N) is 1. The van der Waals surface area contributed by atoms with Crippen LogP contribution in [0.2, 0.25) is 0 Å². The molecule has 2 amide bonds. The molecule has 7 nitrogen and oxygen atoms in total. The predicted molar refractivity (Wildman–Crippen MR) is 69.9 cm³/mol.